The summed E-state index contributed by atoms with van der Waals surface area (Å²) >= 11 is 0. The molecule has 3 aromatic carbocycles. The van der Waals surface area contributed by atoms with Crippen LogP contribution in [0.15, 0.2) is 78.4 Å². The highest BCUT2D eigenvalue weighted by Gasteiger charge is 2.16. The van der Waals surface area contributed by atoms with Gasteiger partial charge in [0.15, 0.2) is 6.29 Å². The fourth-order valence-corrected chi connectivity index (χ4v) is 4.49. The Balaban J connectivity index is 1.47. The maximum Gasteiger partial charge on any atom is 0.259 e. The van der Waals surface area contributed by atoms with Gasteiger partial charge < -0.3 is 15.3 Å². The maximum atomic E-state index is 13.1. The van der Waals surface area contributed by atoms with Crippen molar-refractivity contribution < 1.29 is 14.7 Å². The molecule has 0 atom stereocenters. The number of carbonyl (C=O) groups excluding carboxylic acids is 2. The summed E-state index contributed by atoms with van der Waals surface area (Å²) in [5.41, 5.74) is 5.41. The molecule has 0 saturated heterocycles. The van der Waals surface area contributed by atoms with Gasteiger partial charge in [0.2, 0.25) is 0 Å². The lowest BCUT2D eigenvalue weighted by Gasteiger charge is -2.20. The van der Waals surface area contributed by atoms with Crippen molar-refractivity contribution in [3.05, 3.63) is 95.1 Å². The number of nitrogens with zero attached hydrogens (tertiary/aromatic N) is 1. The van der Waals surface area contributed by atoms with Crippen molar-refractivity contribution >= 4 is 17.9 Å². The predicted molar refractivity (Wildman–Crippen MR) is 141 cm³/mol. The van der Waals surface area contributed by atoms with Crippen LogP contribution in [0.1, 0.15) is 52.5 Å². The molecular weight excluding hydrogens is 436 g/mol. The zero-order valence-corrected chi connectivity index (χ0v) is 20.2. The number of anilines is 1. The van der Waals surface area contributed by atoms with E-state index in [1.807, 2.05) is 42.5 Å². The molecule has 0 unspecified atom stereocenters. The Morgan fingerprint density at radius 2 is 1.86 bits per heavy atom. The number of aldehydes is 1. The molecule has 0 aliphatic carbocycles. The number of carbonyl (C=O) groups is 2. The normalized spacial score (nSPS) is 14.1. The van der Waals surface area contributed by atoms with E-state index in [4.69, 9.17) is 0 Å². The third kappa shape index (κ3) is 6.25. The van der Waals surface area contributed by atoms with Crippen LogP contribution in [-0.2, 0) is 6.42 Å². The van der Waals surface area contributed by atoms with Crippen LogP contribution in [0.25, 0.3) is 11.1 Å². The first-order chi connectivity index (χ1) is 17.1. The number of amides is 1. The number of rotatable bonds is 8. The summed E-state index contributed by atoms with van der Waals surface area (Å²) in [6.07, 6.45) is 7.19. The minimum absolute atomic E-state index is 0.0790. The Morgan fingerprint density at radius 1 is 1.03 bits per heavy atom. The molecule has 4 rings (SSSR count). The van der Waals surface area contributed by atoms with Crippen LogP contribution in [0.3, 0.4) is 0 Å². The first-order valence-electron chi connectivity index (χ1n) is 12.3. The van der Waals surface area contributed by atoms with Crippen LogP contribution < -0.4 is 5.32 Å². The van der Waals surface area contributed by atoms with Crippen LogP contribution in [0, 0.1) is 0 Å². The largest absolute Gasteiger partial charge is 0.507 e. The highest BCUT2D eigenvalue weighted by molar-refractivity contribution is 6.08. The second-order valence-electron chi connectivity index (χ2n) is 8.94. The van der Waals surface area contributed by atoms with Crippen LogP contribution in [-0.4, -0.2) is 41.8 Å². The molecule has 35 heavy (non-hydrogen) atoms. The Morgan fingerprint density at radius 3 is 2.63 bits per heavy atom. The highest BCUT2D eigenvalue weighted by atomic mass is 16.3. The molecule has 5 nitrogen and oxygen atoms in total. The van der Waals surface area contributed by atoms with E-state index >= 15 is 0 Å². The summed E-state index contributed by atoms with van der Waals surface area (Å²) in [7, 11) is 0. The molecule has 0 aromatic heterocycles. The third-order valence-corrected chi connectivity index (χ3v) is 6.64. The first-order valence-corrected chi connectivity index (χ1v) is 12.3. The fraction of sp³-hybridized carbons (Fsp3) is 0.267. The lowest BCUT2D eigenvalue weighted by Crippen LogP contribution is -2.27. The van der Waals surface area contributed by atoms with Gasteiger partial charge in [-0.25, -0.2) is 0 Å². The van der Waals surface area contributed by atoms with E-state index in [0.717, 1.165) is 68.3 Å². The molecule has 0 saturated carbocycles. The fourth-order valence-electron chi connectivity index (χ4n) is 4.49. The van der Waals surface area contributed by atoms with E-state index in [1.54, 1.807) is 24.3 Å². The third-order valence-electron chi connectivity index (χ3n) is 6.64. The van der Waals surface area contributed by atoms with E-state index in [9.17, 15) is 14.7 Å². The Labute approximate surface area is 207 Å². The standard InChI is InChI=1S/C30H32N2O3/c1-2-22-7-6-16-32(17-14-22)18-15-23-10-13-29(34)27(19-23)30(35)31-28-20-25(11-12-26(28)21-33)24-8-4-3-5-9-24/h3-5,7-13,19-21,34H,2,6,14-18H2,1H3,(H,31,35). The second kappa shape index (κ2) is 11.6. The zero-order valence-electron chi connectivity index (χ0n) is 20.2. The average Bonchev–Trinajstić information content (AvgIpc) is 3.14. The van der Waals surface area contributed by atoms with Gasteiger partial charge in [-0.05, 0) is 66.6 Å². The van der Waals surface area contributed by atoms with Gasteiger partial charge in [0.25, 0.3) is 5.91 Å². The van der Waals surface area contributed by atoms with Gasteiger partial charge in [-0.15, -0.1) is 0 Å². The number of phenolic OH excluding ortho intramolecular Hbond substituents is 1. The molecule has 1 heterocycles. The highest BCUT2D eigenvalue weighted by Crippen LogP contribution is 2.27. The van der Waals surface area contributed by atoms with Crippen molar-refractivity contribution in [2.75, 3.05) is 25.0 Å². The van der Waals surface area contributed by atoms with Gasteiger partial charge >= 0.3 is 0 Å². The van der Waals surface area contributed by atoms with Crippen LogP contribution in [0.5, 0.6) is 5.75 Å². The lowest BCUT2D eigenvalue weighted by atomic mass is 10.0. The Hall–Kier alpha value is -3.70. The van der Waals surface area contributed by atoms with Crippen LogP contribution in [0.4, 0.5) is 5.69 Å². The second-order valence-corrected chi connectivity index (χ2v) is 8.94. The summed E-state index contributed by atoms with van der Waals surface area (Å²) in [5, 5.41) is 13.2. The van der Waals surface area contributed by atoms with Crippen LogP contribution in [0.2, 0.25) is 0 Å². The van der Waals surface area contributed by atoms with Crippen molar-refractivity contribution in [3.63, 3.8) is 0 Å². The molecule has 5 heteroatoms. The summed E-state index contributed by atoms with van der Waals surface area (Å²) in [6.45, 7) is 5.21. The molecule has 2 N–H and O–H groups in total. The molecule has 1 amide bonds. The summed E-state index contributed by atoms with van der Waals surface area (Å²) in [6, 6.07) is 20.3. The Bertz CT molecular complexity index is 1220. The van der Waals surface area contributed by atoms with E-state index in [0.29, 0.717) is 11.3 Å². The monoisotopic (exact) mass is 468 g/mol. The van der Waals surface area contributed by atoms with Crippen molar-refractivity contribution in [3.8, 4) is 16.9 Å². The number of benzene rings is 3. The van der Waals surface area contributed by atoms with Crippen LogP contribution >= 0.6 is 0 Å². The molecule has 0 fully saturated rings. The molecule has 1 aliphatic rings. The van der Waals surface area contributed by atoms with E-state index in [2.05, 4.69) is 23.2 Å². The number of aromatic hydroxyl groups is 1. The van der Waals surface area contributed by atoms with E-state index in [-0.39, 0.29) is 11.3 Å². The van der Waals surface area contributed by atoms with Gasteiger partial charge in [-0.1, -0.05) is 61.0 Å². The van der Waals surface area contributed by atoms with E-state index < -0.39 is 5.91 Å². The van der Waals surface area contributed by atoms with Crippen molar-refractivity contribution in [1.82, 2.24) is 4.90 Å². The Kier molecular flexibility index (Phi) is 8.11. The molecule has 1 aliphatic heterocycles. The first kappa shape index (κ1) is 24.4. The average molecular weight is 469 g/mol. The predicted octanol–water partition coefficient (Wildman–Crippen LogP) is 6.10. The number of hydrogen-bond acceptors (Lipinski definition) is 4. The van der Waals surface area contributed by atoms with E-state index in [1.165, 1.54) is 5.57 Å². The van der Waals surface area contributed by atoms with Gasteiger partial charge in [-0.2, -0.15) is 0 Å². The van der Waals surface area contributed by atoms with Gasteiger partial charge in [-0.3, -0.25) is 9.59 Å². The lowest BCUT2D eigenvalue weighted by molar-refractivity contribution is 0.102. The molecule has 180 valence electrons. The molecule has 0 bridgehead atoms. The summed E-state index contributed by atoms with van der Waals surface area (Å²) in [5.74, 6) is -0.520. The minimum atomic E-state index is -0.441. The molecular formula is C30H32N2O3. The zero-order chi connectivity index (χ0) is 24.6. The van der Waals surface area contributed by atoms with Crippen molar-refractivity contribution in [1.29, 1.82) is 0 Å². The van der Waals surface area contributed by atoms with Gasteiger partial charge in [0, 0.05) is 25.2 Å². The number of nitrogens with one attached hydrogen (secondary N) is 1. The SMILES string of the molecule is CCC1=CCCN(CCc2ccc(O)c(C(=O)Nc3cc(-c4ccccc4)ccc3C=O)c2)CC1. The topological polar surface area (TPSA) is 69.6 Å². The minimum Gasteiger partial charge on any atom is -0.507 e. The summed E-state index contributed by atoms with van der Waals surface area (Å²) in [4.78, 5) is 27.2. The molecule has 3 aromatic rings. The quantitative estimate of drug-likeness (QED) is 0.310. The molecule has 0 spiro atoms. The van der Waals surface area contributed by atoms with Crippen molar-refractivity contribution in [2.45, 2.75) is 32.6 Å². The number of phenols is 1. The summed E-state index contributed by atoms with van der Waals surface area (Å²) < 4.78 is 0. The smallest absolute Gasteiger partial charge is 0.259 e. The maximum absolute atomic E-state index is 13.1. The number of hydrogen-bond donors (Lipinski definition) is 2. The molecule has 0 radical (unpaired) electrons. The van der Waals surface area contributed by atoms with Gasteiger partial charge in [0.1, 0.15) is 5.75 Å². The van der Waals surface area contributed by atoms with Gasteiger partial charge in [0.05, 0.1) is 11.3 Å². The van der Waals surface area contributed by atoms with Crippen molar-refractivity contribution in [2.24, 2.45) is 0 Å².